The Kier molecular flexibility index (Phi) is 15.9. The van der Waals surface area contributed by atoms with Gasteiger partial charge in [-0.1, -0.05) is 54.1 Å². The van der Waals surface area contributed by atoms with Crippen molar-refractivity contribution in [3.63, 3.8) is 0 Å². The number of aldehydes is 1. The van der Waals surface area contributed by atoms with E-state index in [1.165, 1.54) is 29.8 Å². The van der Waals surface area contributed by atoms with E-state index in [1.807, 2.05) is 51.1 Å². The van der Waals surface area contributed by atoms with Crippen LogP contribution >= 0.6 is 22.9 Å². The van der Waals surface area contributed by atoms with Gasteiger partial charge in [-0.05, 0) is 98.0 Å². The van der Waals surface area contributed by atoms with Crippen LogP contribution in [0.2, 0.25) is 5.02 Å². The van der Waals surface area contributed by atoms with Gasteiger partial charge in [0.05, 0.1) is 42.0 Å². The zero-order chi connectivity index (χ0) is 50.2. The van der Waals surface area contributed by atoms with Crippen LogP contribution in [0.5, 0.6) is 17.4 Å². The molecule has 1 saturated heterocycles. The lowest BCUT2D eigenvalue weighted by Gasteiger charge is -2.31. The zero-order valence-electron chi connectivity index (χ0n) is 39.8. The second-order valence-electron chi connectivity index (χ2n) is 17.7. The van der Waals surface area contributed by atoms with E-state index >= 15 is 0 Å². The van der Waals surface area contributed by atoms with Crippen molar-refractivity contribution in [2.45, 2.75) is 59.0 Å². The first-order valence-electron chi connectivity index (χ1n) is 22.8. The molecule has 3 aromatic heterocycles. The van der Waals surface area contributed by atoms with Crippen LogP contribution < -0.4 is 14.2 Å². The fourth-order valence-electron chi connectivity index (χ4n) is 8.13. The molecular weight excluding hydrogens is 951 g/mol. The molecule has 7 aromatic rings. The minimum absolute atomic E-state index is 0.0129. The SMILES string of the molecule is COc1ccccc1-c1nccc(COc2ccc(CN(CCN3CCOCC3)C(=O)OC(C)(C)C)cc2CC(Oc2ncnc3sc(-c4ccc(F)cc4)c(-c4ccc(C=O)c(Cl)c4C)c23)C(=O)O)n1. The number of carboxylic acid groups (broad SMARTS) is 1. The molecule has 0 spiro atoms. The number of amides is 1. The Bertz CT molecular complexity index is 3050. The van der Waals surface area contributed by atoms with Crippen LogP contribution in [-0.2, 0) is 33.8 Å². The van der Waals surface area contributed by atoms with Crippen LogP contribution in [0.3, 0.4) is 0 Å². The quantitative estimate of drug-likeness (QED) is 0.0804. The number of thiophene rings is 1. The summed E-state index contributed by atoms with van der Waals surface area (Å²) in [6.45, 7) is 11.0. The van der Waals surface area contributed by atoms with Gasteiger partial charge < -0.3 is 33.7 Å². The topological polar surface area (TPSA) is 176 Å². The summed E-state index contributed by atoms with van der Waals surface area (Å²) >= 11 is 8.02. The molecule has 0 saturated carbocycles. The Morgan fingerprint density at radius 2 is 1.76 bits per heavy atom. The largest absolute Gasteiger partial charge is 0.496 e. The number of fused-ring (bicyclic) bond motifs is 1. The normalized spacial score (nSPS) is 13.4. The standard InChI is InChI=1S/C53H52ClFN6O9S/c1-32-39(16-13-35(29-62)46(32)54)44-45-49(57-31-58-50(45)71-47(44)34-11-14-37(55)15-12-34)69-43(51(63)64)27-36-26-33(28-61(52(65)70-53(2,3)4)21-20-60-22-24-67-25-23-60)10-17-41(36)68-30-38-18-19-56-48(59-38)40-8-6-7-9-42(40)66-5/h6-19,26,29,31,43H,20-25,27-28,30H2,1-5H3,(H,63,64). The molecule has 4 aromatic carbocycles. The number of aromatic nitrogens is 4. The predicted molar refractivity (Wildman–Crippen MR) is 268 cm³/mol. The molecule has 1 aliphatic heterocycles. The van der Waals surface area contributed by atoms with Crippen molar-refractivity contribution in [2.24, 2.45) is 0 Å². The fourth-order valence-corrected chi connectivity index (χ4v) is 9.49. The molecule has 1 aliphatic rings. The lowest BCUT2D eigenvalue weighted by molar-refractivity contribution is -0.145. The molecule has 18 heteroatoms. The van der Waals surface area contributed by atoms with Crippen molar-refractivity contribution in [1.82, 2.24) is 29.7 Å². The first-order valence-corrected chi connectivity index (χ1v) is 24.0. The number of hydrogen-bond acceptors (Lipinski definition) is 14. The lowest BCUT2D eigenvalue weighted by atomic mass is 9.95. The Morgan fingerprint density at radius 3 is 2.49 bits per heavy atom. The van der Waals surface area contributed by atoms with E-state index in [2.05, 4.69) is 19.9 Å². The molecule has 15 nitrogen and oxygen atoms in total. The average Bonchev–Trinajstić information content (AvgIpc) is 3.75. The van der Waals surface area contributed by atoms with Gasteiger partial charge >= 0.3 is 12.1 Å². The maximum absolute atomic E-state index is 14.3. The summed E-state index contributed by atoms with van der Waals surface area (Å²) in [5, 5.41) is 11.6. The summed E-state index contributed by atoms with van der Waals surface area (Å²) in [5.74, 6) is -0.365. The summed E-state index contributed by atoms with van der Waals surface area (Å²) in [6, 6.07) is 23.8. The molecule has 1 atom stereocenters. The van der Waals surface area contributed by atoms with E-state index in [-0.39, 0.29) is 36.0 Å². The first-order chi connectivity index (χ1) is 34.2. The molecule has 0 aliphatic carbocycles. The Morgan fingerprint density at radius 1 is 0.986 bits per heavy atom. The van der Waals surface area contributed by atoms with E-state index in [0.717, 1.165) is 13.1 Å². The smallest absolute Gasteiger partial charge is 0.410 e. The van der Waals surface area contributed by atoms with E-state index in [9.17, 15) is 23.9 Å². The third kappa shape index (κ3) is 12.1. The van der Waals surface area contributed by atoms with E-state index in [4.69, 9.17) is 40.3 Å². The number of carboxylic acids is 1. The van der Waals surface area contributed by atoms with Crippen molar-refractivity contribution >= 4 is 51.5 Å². The van der Waals surface area contributed by atoms with Gasteiger partial charge in [0.25, 0.3) is 0 Å². The second kappa shape index (κ2) is 22.4. The number of carbonyl (C=O) groups excluding carboxylic acids is 2. The number of ether oxygens (including phenoxy) is 5. The predicted octanol–water partition coefficient (Wildman–Crippen LogP) is 10.1. The number of carbonyl (C=O) groups is 3. The molecule has 1 unspecified atom stereocenters. The van der Waals surface area contributed by atoms with Gasteiger partial charge in [0, 0.05) is 61.3 Å². The number of morpholine rings is 1. The van der Waals surface area contributed by atoms with Gasteiger partial charge in [-0.2, -0.15) is 0 Å². The van der Waals surface area contributed by atoms with Crippen molar-refractivity contribution in [3.8, 4) is 50.3 Å². The van der Waals surface area contributed by atoms with Crippen molar-refractivity contribution in [3.05, 3.63) is 136 Å². The number of methoxy groups -OCH3 is 1. The van der Waals surface area contributed by atoms with Crippen LogP contribution in [0.15, 0.2) is 97.5 Å². The maximum Gasteiger partial charge on any atom is 0.410 e. The van der Waals surface area contributed by atoms with Gasteiger partial charge in [0.15, 0.2) is 12.1 Å². The van der Waals surface area contributed by atoms with E-state index < -0.39 is 29.6 Å². The number of aliphatic carboxylic acids is 1. The molecule has 71 heavy (non-hydrogen) atoms. The van der Waals surface area contributed by atoms with Gasteiger partial charge in [0.1, 0.15) is 40.7 Å². The van der Waals surface area contributed by atoms with E-state index in [0.29, 0.717) is 110 Å². The molecule has 4 heterocycles. The number of halogens is 2. The second-order valence-corrected chi connectivity index (χ2v) is 19.1. The average molecular weight is 1000 g/mol. The minimum Gasteiger partial charge on any atom is -0.496 e. The van der Waals surface area contributed by atoms with Crippen LogP contribution in [0.1, 0.15) is 53.5 Å². The van der Waals surface area contributed by atoms with Gasteiger partial charge in [-0.3, -0.25) is 9.69 Å². The van der Waals surface area contributed by atoms with E-state index in [1.54, 1.807) is 67.6 Å². The van der Waals surface area contributed by atoms with Crippen molar-refractivity contribution in [2.75, 3.05) is 46.5 Å². The van der Waals surface area contributed by atoms with Crippen LogP contribution in [0.4, 0.5) is 9.18 Å². The van der Waals surface area contributed by atoms with Gasteiger partial charge in [0.2, 0.25) is 12.0 Å². The molecular formula is C53H52ClFN6O9S. The summed E-state index contributed by atoms with van der Waals surface area (Å²) in [6.07, 6.45) is 1.33. The third-order valence-electron chi connectivity index (χ3n) is 11.7. The van der Waals surface area contributed by atoms with Crippen molar-refractivity contribution < 1.29 is 47.6 Å². The number of para-hydroxylation sites is 1. The highest BCUT2D eigenvalue weighted by Gasteiger charge is 2.30. The Balaban J connectivity index is 1.17. The number of hydrogen-bond donors (Lipinski definition) is 1. The summed E-state index contributed by atoms with van der Waals surface area (Å²) in [5.41, 5.74) is 4.33. The number of benzene rings is 4. The van der Waals surface area contributed by atoms with Crippen LogP contribution in [0, 0.1) is 12.7 Å². The summed E-state index contributed by atoms with van der Waals surface area (Å²) < 4.78 is 44.2. The Hall–Kier alpha value is -7.05. The summed E-state index contributed by atoms with van der Waals surface area (Å²) in [7, 11) is 1.57. The molecule has 1 amide bonds. The summed E-state index contributed by atoms with van der Waals surface area (Å²) in [4.78, 5) is 62.4. The monoisotopic (exact) mass is 1000 g/mol. The highest BCUT2D eigenvalue weighted by atomic mass is 35.5. The fraction of sp³-hybridized carbons (Fsp3) is 0.302. The lowest BCUT2D eigenvalue weighted by Crippen LogP contribution is -2.44. The first kappa shape index (κ1) is 50.3. The molecule has 1 N–H and O–H groups in total. The van der Waals surface area contributed by atoms with Gasteiger partial charge in [-0.15, -0.1) is 11.3 Å². The molecule has 0 radical (unpaired) electrons. The highest BCUT2D eigenvalue weighted by molar-refractivity contribution is 7.22. The third-order valence-corrected chi connectivity index (χ3v) is 13.3. The highest BCUT2D eigenvalue weighted by Crippen LogP contribution is 2.49. The number of rotatable bonds is 18. The van der Waals surface area contributed by atoms with Crippen LogP contribution in [-0.4, -0.2) is 111 Å². The van der Waals surface area contributed by atoms with Crippen molar-refractivity contribution in [1.29, 1.82) is 0 Å². The number of nitrogens with zero attached hydrogens (tertiary/aromatic N) is 6. The molecule has 0 bridgehead atoms. The van der Waals surface area contributed by atoms with Crippen LogP contribution in [0.25, 0.3) is 43.2 Å². The maximum atomic E-state index is 14.3. The van der Waals surface area contributed by atoms with Gasteiger partial charge in [-0.25, -0.2) is 33.9 Å². The minimum atomic E-state index is -1.55. The molecule has 368 valence electrons. The molecule has 8 rings (SSSR count). The molecule has 1 fully saturated rings. The zero-order valence-corrected chi connectivity index (χ0v) is 41.4. The Labute approximate surface area is 419 Å².